The van der Waals surface area contributed by atoms with Crippen molar-refractivity contribution in [2.45, 2.75) is 211 Å². The molecule has 0 aromatic carbocycles. The molecule has 0 fully saturated rings. The number of allylic oxidation sites excluding steroid dienone is 6. The van der Waals surface area contributed by atoms with E-state index in [9.17, 15) is 49.2 Å². The van der Waals surface area contributed by atoms with Gasteiger partial charge in [0.25, 0.3) is 0 Å². The van der Waals surface area contributed by atoms with Gasteiger partial charge < -0.3 is 39.7 Å². The summed E-state index contributed by atoms with van der Waals surface area (Å²) in [5.74, 6) is -9.37. The predicted molar refractivity (Wildman–Crippen MR) is 237 cm³/mol. The van der Waals surface area contributed by atoms with Crippen LogP contribution in [0.15, 0.2) is 36.5 Å². The smallest absolute Gasteiger partial charge is 0.349 e. The third-order valence-electron chi connectivity index (χ3n) is 10.5. The van der Waals surface area contributed by atoms with Gasteiger partial charge in [-0.1, -0.05) is 127 Å². The van der Waals surface area contributed by atoms with Crippen LogP contribution in [-0.2, 0) is 43.0 Å². The van der Waals surface area contributed by atoms with E-state index in [1.54, 1.807) is 0 Å². The van der Waals surface area contributed by atoms with E-state index < -0.39 is 79.2 Å². The van der Waals surface area contributed by atoms with Crippen LogP contribution in [0, 0.1) is 5.92 Å². The number of aliphatic carboxylic acids is 3. The fraction of sp³-hybridized carbons (Fsp3) is 0.750. The average molecular weight is 881 g/mol. The molecule has 0 saturated heterocycles. The molecule has 356 valence electrons. The lowest BCUT2D eigenvalue weighted by molar-refractivity contribution is -0.203. The molecule has 0 bridgehead atoms. The lowest BCUT2D eigenvalue weighted by atomic mass is 9.80. The Morgan fingerprint density at radius 3 is 1.53 bits per heavy atom. The summed E-state index contributed by atoms with van der Waals surface area (Å²) < 4.78 is 15.7. The van der Waals surface area contributed by atoms with E-state index in [0.29, 0.717) is 12.8 Å². The molecule has 0 rings (SSSR count). The molecule has 0 spiro atoms. The van der Waals surface area contributed by atoms with Gasteiger partial charge in [-0.25, -0.2) is 9.59 Å². The van der Waals surface area contributed by atoms with Gasteiger partial charge in [-0.2, -0.15) is 0 Å². The Hall–Kier alpha value is -4.04. The van der Waals surface area contributed by atoms with Crippen LogP contribution in [0.2, 0.25) is 0 Å². The number of esters is 3. The van der Waals surface area contributed by atoms with Crippen LogP contribution in [-0.4, -0.2) is 92.4 Å². The van der Waals surface area contributed by atoms with Gasteiger partial charge in [0.1, 0.15) is 18.6 Å². The number of carboxylic acid groups (broad SMARTS) is 3. The van der Waals surface area contributed by atoms with Crippen LogP contribution in [0.5, 0.6) is 0 Å². The van der Waals surface area contributed by atoms with Crippen molar-refractivity contribution in [3.8, 4) is 0 Å². The zero-order valence-corrected chi connectivity index (χ0v) is 37.8. The zero-order valence-electron chi connectivity index (χ0n) is 37.8. The number of hydrogen-bond donors (Lipinski definition) is 5. The van der Waals surface area contributed by atoms with E-state index in [2.05, 4.69) is 43.4 Å². The van der Waals surface area contributed by atoms with Crippen LogP contribution >= 0.6 is 0 Å². The van der Waals surface area contributed by atoms with Gasteiger partial charge in [0, 0.05) is 12.8 Å². The number of hydrogen-bond acceptors (Lipinski definition) is 11. The fourth-order valence-electron chi connectivity index (χ4n) is 6.87. The molecule has 0 heterocycles. The second kappa shape index (κ2) is 38.6. The molecule has 4 atom stereocenters. The number of carbonyl (C=O) groups is 6. The Morgan fingerprint density at radius 2 is 1.05 bits per heavy atom. The molecule has 0 aliphatic carbocycles. The Kier molecular flexibility index (Phi) is 36.1. The summed E-state index contributed by atoms with van der Waals surface area (Å²) in [7, 11) is 0. The van der Waals surface area contributed by atoms with Gasteiger partial charge in [-0.3, -0.25) is 19.2 Å². The Bertz CT molecular complexity index is 1320. The van der Waals surface area contributed by atoms with Gasteiger partial charge in [0.05, 0.1) is 13.0 Å². The fourth-order valence-corrected chi connectivity index (χ4v) is 6.87. The lowest BCUT2D eigenvalue weighted by Gasteiger charge is -2.35. The Balaban J connectivity index is 5.07. The van der Waals surface area contributed by atoms with Gasteiger partial charge in [-0.15, -0.1) is 0 Å². The Morgan fingerprint density at radius 1 is 0.581 bits per heavy atom. The summed E-state index contributed by atoms with van der Waals surface area (Å²) in [4.78, 5) is 74.7. The summed E-state index contributed by atoms with van der Waals surface area (Å²) in [6, 6.07) is 0. The van der Waals surface area contributed by atoms with Crippen molar-refractivity contribution in [3.63, 3.8) is 0 Å². The van der Waals surface area contributed by atoms with Gasteiger partial charge >= 0.3 is 35.8 Å². The molecule has 0 saturated carbocycles. The third kappa shape index (κ3) is 30.9. The first-order chi connectivity index (χ1) is 29.8. The monoisotopic (exact) mass is 881 g/mol. The highest BCUT2D eigenvalue weighted by atomic mass is 16.6. The van der Waals surface area contributed by atoms with Gasteiger partial charge in [-0.05, 0) is 84.0 Å². The van der Waals surface area contributed by atoms with Crippen LogP contribution < -0.4 is 0 Å². The van der Waals surface area contributed by atoms with Crippen molar-refractivity contribution in [2.75, 3.05) is 13.2 Å². The number of aliphatic hydroxyl groups is 2. The van der Waals surface area contributed by atoms with Crippen molar-refractivity contribution in [1.29, 1.82) is 0 Å². The molecule has 0 aromatic rings. The molecular formula is C48H80O14. The highest BCUT2D eigenvalue weighted by molar-refractivity contribution is 5.93. The summed E-state index contributed by atoms with van der Waals surface area (Å²) in [6.45, 7) is 1.92. The number of unbranched alkanes of at least 4 members (excludes halogenated alkanes) is 19. The normalized spacial score (nSPS) is 14.1. The maximum atomic E-state index is 13.4. The number of rotatable bonds is 42. The second-order valence-electron chi connectivity index (χ2n) is 16.2. The Labute approximate surface area is 370 Å². The first kappa shape index (κ1) is 58.0. The third-order valence-corrected chi connectivity index (χ3v) is 10.5. The number of carbonyl (C=O) groups excluding carboxylic acids is 3. The maximum Gasteiger partial charge on any atom is 0.349 e. The van der Waals surface area contributed by atoms with Crippen molar-refractivity contribution in [3.05, 3.63) is 36.5 Å². The molecular weight excluding hydrogens is 801 g/mol. The van der Waals surface area contributed by atoms with Crippen LogP contribution in [0.25, 0.3) is 0 Å². The quantitative estimate of drug-likeness (QED) is 0.0166. The van der Waals surface area contributed by atoms with E-state index in [4.69, 9.17) is 19.3 Å². The van der Waals surface area contributed by atoms with E-state index in [0.717, 1.165) is 116 Å². The molecule has 4 unspecified atom stereocenters. The largest absolute Gasteiger partial charge is 0.481 e. The topological polar surface area (TPSA) is 231 Å². The summed E-state index contributed by atoms with van der Waals surface area (Å²) in [6.07, 6.45) is 30.9. The van der Waals surface area contributed by atoms with E-state index in [1.807, 2.05) is 0 Å². The highest BCUT2D eigenvalue weighted by Crippen LogP contribution is 2.34. The van der Waals surface area contributed by atoms with Gasteiger partial charge in [0.2, 0.25) is 5.60 Å². The molecule has 5 N–H and O–H groups in total. The standard InChI is InChI=1S/C48H80O14/c1-3-4-5-6-7-8-9-10-12-17-20-23-26-29-32-35-44(55)61-39(2)45(56)62-48(47(58)59,36-43(53)54)41(46(57)60-38-40(50)37-49)33-30-27-24-21-18-15-13-11-14-16-19-22-25-28-31-34-42(51)52/h7-8,10-12,14,39-41,49-50H,3-6,9,13,15-38H2,1-2H3,(H,51,52)(H,53,54)(H,58,59)/b8-7-,12-10-,14-11-. The average Bonchev–Trinajstić information content (AvgIpc) is 3.22. The molecule has 0 aromatic heterocycles. The van der Waals surface area contributed by atoms with Crippen LogP contribution in [0.1, 0.15) is 194 Å². The number of ether oxygens (including phenoxy) is 3. The van der Waals surface area contributed by atoms with Crippen molar-refractivity contribution in [2.24, 2.45) is 5.92 Å². The SMILES string of the molecule is CCCCC/C=C\C/C=C\CCCCCCCC(=O)OC(C)C(=O)OC(CC(=O)O)(C(=O)O)C(CCCCCCCC/C=C\CCCCCCCC(=O)O)C(=O)OCC(O)CO. The first-order valence-electron chi connectivity index (χ1n) is 23.3. The second-order valence-corrected chi connectivity index (χ2v) is 16.2. The van der Waals surface area contributed by atoms with Crippen LogP contribution in [0.4, 0.5) is 0 Å². The molecule has 0 radical (unpaired) electrons. The van der Waals surface area contributed by atoms with Gasteiger partial charge in [0.15, 0.2) is 6.10 Å². The van der Waals surface area contributed by atoms with E-state index in [-0.39, 0.29) is 25.7 Å². The minimum atomic E-state index is -2.92. The highest BCUT2D eigenvalue weighted by Gasteiger charge is 2.56. The lowest BCUT2D eigenvalue weighted by Crippen LogP contribution is -2.55. The summed E-state index contributed by atoms with van der Waals surface area (Å²) in [5, 5.41) is 47.9. The molecule has 0 amide bonds. The minimum absolute atomic E-state index is 0.0140. The van der Waals surface area contributed by atoms with E-state index in [1.165, 1.54) is 26.2 Å². The van der Waals surface area contributed by atoms with Crippen LogP contribution in [0.3, 0.4) is 0 Å². The zero-order chi connectivity index (χ0) is 46.3. The maximum absolute atomic E-state index is 13.4. The van der Waals surface area contributed by atoms with Crippen molar-refractivity contribution >= 4 is 35.8 Å². The van der Waals surface area contributed by atoms with Crippen molar-refractivity contribution < 1.29 is 68.5 Å². The molecule has 14 heteroatoms. The first-order valence-corrected chi connectivity index (χ1v) is 23.3. The summed E-state index contributed by atoms with van der Waals surface area (Å²) in [5.41, 5.74) is -2.92. The number of carboxylic acids is 3. The minimum Gasteiger partial charge on any atom is -0.481 e. The van der Waals surface area contributed by atoms with Crippen molar-refractivity contribution in [1.82, 2.24) is 0 Å². The predicted octanol–water partition coefficient (Wildman–Crippen LogP) is 9.58. The molecule has 62 heavy (non-hydrogen) atoms. The summed E-state index contributed by atoms with van der Waals surface area (Å²) >= 11 is 0. The van der Waals surface area contributed by atoms with E-state index >= 15 is 0 Å². The molecule has 14 nitrogen and oxygen atoms in total. The number of aliphatic hydroxyl groups excluding tert-OH is 2. The molecule has 0 aliphatic heterocycles. The molecule has 0 aliphatic rings.